The van der Waals surface area contributed by atoms with Gasteiger partial charge in [-0.25, -0.2) is 4.79 Å². The number of hydrogen-bond donors (Lipinski definition) is 1. The average molecular weight is 371 g/mol. The molecule has 1 atom stereocenters. The Morgan fingerprint density at radius 2 is 1.96 bits per heavy atom. The second kappa shape index (κ2) is 8.26. The molecule has 2 aliphatic heterocycles. The first-order valence-electron chi connectivity index (χ1n) is 8.99. The second-order valence-electron chi connectivity index (χ2n) is 6.81. The van der Waals surface area contributed by atoms with Crippen LogP contribution in [-0.2, 0) is 10.9 Å². The number of alkyl halides is 3. The molecule has 2 fully saturated rings. The zero-order valence-electron chi connectivity index (χ0n) is 14.6. The van der Waals surface area contributed by atoms with Gasteiger partial charge >= 0.3 is 12.2 Å². The molecule has 26 heavy (non-hydrogen) atoms. The largest absolute Gasteiger partial charge is 0.416 e. The molecular weight excluding hydrogens is 347 g/mol. The molecule has 2 amide bonds. The van der Waals surface area contributed by atoms with E-state index in [2.05, 4.69) is 10.2 Å². The average Bonchev–Trinajstić information content (AvgIpc) is 2.98. The van der Waals surface area contributed by atoms with Gasteiger partial charge in [-0.2, -0.15) is 13.2 Å². The number of urea groups is 1. The van der Waals surface area contributed by atoms with Crippen molar-refractivity contribution < 1.29 is 22.7 Å². The Bertz CT molecular complexity index is 618. The first-order valence-corrected chi connectivity index (χ1v) is 8.99. The van der Waals surface area contributed by atoms with Crippen molar-refractivity contribution in [2.24, 2.45) is 0 Å². The van der Waals surface area contributed by atoms with Gasteiger partial charge in [0.25, 0.3) is 0 Å². The minimum Gasteiger partial charge on any atom is -0.375 e. The number of nitrogens with zero attached hydrogens (tertiary/aromatic N) is 2. The molecule has 144 valence electrons. The maximum absolute atomic E-state index is 12.8. The van der Waals surface area contributed by atoms with Crippen molar-refractivity contribution in [3.8, 4) is 0 Å². The third kappa shape index (κ3) is 5.11. The van der Waals surface area contributed by atoms with Gasteiger partial charge in [0.15, 0.2) is 0 Å². The topological polar surface area (TPSA) is 44.8 Å². The Hall–Kier alpha value is -1.80. The van der Waals surface area contributed by atoms with E-state index in [1.165, 1.54) is 25.0 Å². The molecule has 0 spiro atoms. The molecule has 2 aliphatic rings. The smallest absolute Gasteiger partial charge is 0.375 e. The predicted octanol–water partition coefficient (Wildman–Crippen LogP) is 3.42. The SMILES string of the molecule is O=C(Nc1cccc(C(F)(F)F)c1)N1CCCO[C@@H](CN2CCCC2)C1. The Balaban J connectivity index is 1.60. The number of likely N-dealkylation sites (tertiary alicyclic amines) is 1. The number of anilines is 1. The van der Waals surface area contributed by atoms with Gasteiger partial charge in [-0.15, -0.1) is 0 Å². The first-order chi connectivity index (χ1) is 12.4. The molecule has 0 saturated carbocycles. The molecule has 2 saturated heterocycles. The Morgan fingerprint density at radius 1 is 1.19 bits per heavy atom. The van der Waals surface area contributed by atoms with Crippen molar-refractivity contribution in [1.29, 1.82) is 0 Å². The monoisotopic (exact) mass is 371 g/mol. The second-order valence-corrected chi connectivity index (χ2v) is 6.81. The number of amides is 2. The van der Waals surface area contributed by atoms with Crippen LogP contribution in [-0.4, -0.2) is 61.3 Å². The molecule has 0 aromatic heterocycles. The number of rotatable bonds is 3. The van der Waals surface area contributed by atoms with Crippen molar-refractivity contribution >= 4 is 11.7 Å². The van der Waals surface area contributed by atoms with E-state index in [0.29, 0.717) is 26.1 Å². The zero-order valence-corrected chi connectivity index (χ0v) is 14.6. The van der Waals surface area contributed by atoms with E-state index in [0.717, 1.165) is 31.8 Å². The number of ether oxygens (including phenoxy) is 1. The summed E-state index contributed by atoms with van der Waals surface area (Å²) < 4.78 is 44.3. The van der Waals surface area contributed by atoms with Gasteiger partial charge in [0.1, 0.15) is 0 Å². The maximum Gasteiger partial charge on any atom is 0.416 e. The maximum atomic E-state index is 12.8. The van der Waals surface area contributed by atoms with E-state index in [9.17, 15) is 18.0 Å². The molecule has 0 aliphatic carbocycles. The van der Waals surface area contributed by atoms with E-state index >= 15 is 0 Å². The molecule has 0 radical (unpaired) electrons. The van der Waals surface area contributed by atoms with Crippen molar-refractivity contribution in [3.63, 3.8) is 0 Å². The summed E-state index contributed by atoms with van der Waals surface area (Å²) in [4.78, 5) is 16.5. The zero-order chi connectivity index (χ0) is 18.6. The van der Waals surface area contributed by atoms with Gasteiger partial charge in [0, 0.05) is 31.9 Å². The van der Waals surface area contributed by atoms with Crippen LogP contribution < -0.4 is 5.32 Å². The lowest BCUT2D eigenvalue weighted by Crippen LogP contribution is -2.43. The van der Waals surface area contributed by atoms with E-state index in [4.69, 9.17) is 4.74 Å². The van der Waals surface area contributed by atoms with Crippen LogP contribution in [0.1, 0.15) is 24.8 Å². The number of halogens is 3. The highest BCUT2D eigenvalue weighted by molar-refractivity contribution is 5.89. The van der Waals surface area contributed by atoms with E-state index < -0.39 is 11.7 Å². The molecule has 3 rings (SSSR count). The van der Waals surface area contributed by atoms with Gasteiger partial charge < -0.3 is 19.9 Å². The number of nitrogens with one attached hydrogen (secondary N) is 1. The molecule has 2 heterocycles. The standard InChI is InChI=1S/C18H24F3N3O2/c19-18(20,21)14-5-3-6-15(11-14)22-17(25)24-9-4-10-26-16(13-24)12-23-7-1-2-8-23/h3,5-6,11,16H,1-2,4,7-10,12-13H2,(H,22,25)/t16-/m0/s1. The van der Waals surface area contributed by atoms with Crippen molar-refractivity contribution in [3.05, 3.63) is 29.8 Å². The molecule has 1 aromatic carbocycles. The minimum atomic E-state index is -4.43. The molecular formula is C18H24F3N3O2. The summed E-state index contributed by atoms with van der Waals surface area (Å²) >= 11 is 0. The lowest BCUT2D eigenvalue weighted by molar-refractivity contribution is -0.137. The fraction of sp³-hybridized carbons (Fsp3) is 0.611. The van der Waals surface area contributed by atoms with Gasteiger partial charge in [0.05, 0.1) is 11.7 Å². The summed E-state index contributed by atoms with van der Waals surface area (Å²) in [6.45, 7) is 4.45. The van der Waals surface area contributed by atoms with Crippen LogP contribution in [0, 0.1) is 0 Å². The third-order valence-electron chi connectivity index (χ3n) is 4.74. The van der Waals surface area contributed by atoms with Crippen LogP contribution >= 0.6 is 0 Å². The Labute approximate surface area is 151 Å². The lowest BCUT2D eigenvalue weighted by Gasteiger charge is -2.27. The van der Waals surface area contributed by atoms with Crippen LogP contribution in [0.3, 0.4) is 0 Å². The van der Waals surface area contributed by atoms with Crippen LogP contribution in [0.25, 0.3) is 0 Å². The van der Waals surface area contributed by atoms with Gasteiger partial charge in [-0.1, -0.05) is 6.07 Å². The Morgan fingerprint density at radius 3 is 2.69 bits per heavy atom. The van der Waals surface area contributed by atoms with Crippen LogP contribution in [0.2, 0.25) is 0 Å². The highest BCUT2D eigenvalue weighted by atomic mass is 19.4. The molecule has 0 unspecified atom stereocenters. The number of benzene rings is 1. The quantitative estimate of drug-likeness (QED) is 0.886. The van der Waals surface area contributed by atoms with Crippen molar-refractivity contribution in [2.75, 3.05) is 44.6 Å². The first kappa shape index (κ1) is 19.0. The number of hydrogen-bond acceptors (Lipinski definition) is 3. The number of carbonyl (C=O) groups excluding carboxylic acids is 1. The number of carbonyl (C=O) groups is 1. The molecule has 1 N–H and O–H groups in total. The van der Waals surface area contributed by atoms with Crippen LogP contribution in [0.15, 0.2) is 24.3 Å². The van der Waals surface area contributed by atoms with Gasteiger partial charge in [-0.3, -0.25) is 0 Å². The van der Waals surface area contributed by atoms with Crippen LogP contribution in [0.4, 0.5) is 23.7 Å². The summed E-state index contributed by atoms with van der Waals surface area (Å²) in [5.74, 6) is 0. The molecule has 8 heteroatoms. The Kier molecular flexibility index (Phi) is 6.03. The fourth-order valence-corrected chi connectivity index (χ4v) is 3.42. The van der Waals surface area contributed by atoms with Crippen LogP contribution in [0.5, 0.6) is 0 Å². The summed E-state index contributed by atoms with van der Waals surface area (Å²) in [5, 5.41) is 2.58. The lowest BCUT2D eigenvalue weighted by atomic mass is 10.2. The van der Waals surface area contributed by atoms with E-state index in [1.807, 2.05) is 0 Å². The van der Waals surface area contributed by atoms with Crippen molar-refractivity contribution in [1.82, 2.24) is 9.80 Å². The van der Waals surface area contributed by atoms with Crippen molar-refractivity contribution in [2.45, 2.75) is 31.5 Å². The van der Waals surface area contributed by atoms with E-state index in [1.54, 1.807) is 4.90 Å². The van der Waals surface area contributed by atoms with Gasteiger partial charge in [-0.05, 0) is 50.6 Å². The summed E-state index contributed by atoms with van der Waals surface area (Å²) in [5.41, 5.74) is -0.632. The fourth-order valence-electron chi connectivity index (χ4n) is 3.42. The normalized spacial score (nSPS) is 22.3. The molecule has 0 bridgehead atoms. The molecule has 1 aromatic rings. The summed E-state index contributed by atoms with van der Waals surface area (Å²) in [6, 6.07) is 4.31. The predicted molar refractivity (Wildman–Crippen MR) is 92.1 cm³/mol. The summed E-state index contributed by atoms with van der Waals surface area (Å²) in [6.07, 6.45) is -1.41. The van der Waals surface area contributed by atoms with Gasteiger partial charge in [0.2, 0.25) is 0 Å². The minimum absolute atomic E-state index is 0.0668. The highest BCUT2D eigenvalue weighted by Gasteiger charge is 2.31. The highest BCUT2D eigenvalue weighted by Crippen LogP contribution is 2.30. The van der Waals surface area contributed by atoms with E-state index in [-0.39, 0.29) is 17.8 Å². The third-order valence-corrected chi connectivity index (χ3v) is 4.74. The summed E-state index contributed by atoms with van der Waals surface area (Å²) in [7, 11) is 0. The molecule has 5 nitrogen and oxygen atoms in total.